The van der Waals surface area contributed by atoms with E-state index in [1.165, 1.54) is 30.0 Å². The zero-order chi connectivity index (χ0) is 24.1. The molecule has 0 radical (unpaired) electrons. The van der Waals surface area contributed by atoms with Gasteiger partial charge in [0, 0.05) is 23.9 Å². The van der Waals surface area contributed by atoms with Crippen LogP contribution in [0.15, 0.2) is 69.9 Å². The first-order chi connectivity index (χ1) is 16.4. The fourth-order valence-corrected chi connectivity index (χ4v) is 4.92. The predicted octanol–water partition coefficient (Wildman–Crippen LogP) is 4.20. The van der Waals surface area contributed by atoms with E-state index < -0.39 is 0 Å². The second-order valence-electron chi connectivity index (χ2n) is 7.33. The van der Waals surface area contributed by atoms with Crippen LogP contribution in [0.2, 0.25) is 0 Å². The van der Waals surface area contributed by atoms with Gasteiger partial charge in [-0.05, 0) is 41.8 Å². The maximum Gasteiger partial charge on any atom is 0.272 e. The molecular formula is C24H22N4O4S2. The SMILES string of the molecule is COc1ccccc1Cn1c(SCC(=O)Nc2ccc(NC(C)=O)cc2)nc2ccsc2c1=O. The quantitative estimate of drug-likeness (QED) is 0.281. The van der Waals surface area contributed by atoms with Crippen molar-refractivity contribution in [1.29, 1.82) is 0 Å². The van der Waals surface area contributed by atoms with Crippen LogP contribution in [0.3, 0.4) is 0 Å². The van der Waals surface area contributed by atoms with Gasteiger partial charge >= 0.3 is 0 Å². The summed E-state index contributed by atoms with van der Waals surface area (Å²) in [5, 5.41) is 7.79. The minimum absolute atomic E-state index is 0.0709. The Kier molecular flexibility index (Phi) is 7.29. The number of benzene rings is 2. The predicted molar refractivity (Wildman–Crippen MR) is 136 cm³/mol. The Morgan fingerprint density at radius 3 is 2.47 bits per heavy atom. The molecule has 2 amide bonds. The van der Waals surface area contributed by atoms with Crippen LogP contribution in [0.1, 0.15) is 12.5 Å². The summed E-state index contributed by atoms with van der Waals surface area (Å²) >= 11 is 2.54. The van der Waals surface area contributed by atoms with E-state index in [4.69, 9.17) is 4.74 Å². The Morgan fingerprint density at radius 2 is 1.76 bits per heavy atom. The van der Waals surface area contributed by atoms with E-state index in [9.17, 15) is 14.4 Å². The number of carbonyl (C=O) groups is 2. The molecule has 2 N–H and O–H groups in total. The third-order valence-electron chi connectivity index (χ3n) is 4.87. The zero-order valence-electron chi connectivity index (χ0n) is 18.5. The van der Waals surface area contributed by atoms with E-state index in [-0.39, 0.29) is 29.7 Å². The molecule has 0 saturated heterocycles. The largest absolute Gasteiger partial charge is 0.496 e. The van der Waals surface area contributed by atoms with Crippen molar-refractivity contribution in [2.75, 3.05) is 23.5 Å². The van der Waals surface area contributed by atoms with Gasteiger partial charge in [-0.15, -0.1) is 11.3 Å². The number of nitrogens with zero attached hydrogens (tertiary/aromatic N) is 2. The third-order valence-corrected chi connectivity index (χ3v) is 6.74. The zero-order valence-corrected chi connectivity index (χ0v) is 20.2. The van der Waals surface area contributed by atoms with Gasteiger partial charge in [-0.3, -0.25) is 19.0 Å². The van der Waals surface area contributed by atoms with E-state index in [0.717, 1.165) is 5.56 Å². The highest BCUT2D eigenvalue weighted by Crippen LogP contribution is 2.24. The molecule has 4 rings (SSSR count). The van der Waals surface area contributed by atoms with Gasteiger partial charge < -0.3 is 15.4 Å². The molecule has 4 aromatic rings. The highest BCUT2D eigenvalue weighted by Gasteiger charge is 2.16. The average Bonchev–Trinajstić information content (AvgIpc) is 3.30. The van der Waals surface area contributed by atoms with Crippen molar-refractivity contribution < 1.29 is 14.3 Å². The lowest BCUT2D eigenvalue weighted by molar-refractivity contribution is -0.114. The number of ether oxygens (including phenoxy) is 1. The van der Waals surface area contributed by atoms with Crippen LogP contribution in [0.25, 0.3) is 10.2 Å². The van der Waals surface area contributed by atoms with E-state index in [0.29, 0.717) is 32.5 Å². The topological polar surface area (TPSA) is 102 Å². The number of aromatic nitrogens is 2. The van der Waals surface area contributed by atoms with Crippen LogP contribution in [-0.4, -0.2) is 34.2 Å². The van der Waals surface area contributed by atoms with Gasteiger partial charge in [0.1, 0.15) is 10.4 Å². The number of para-hydroxylation sites is 1. The molecule has 2 aromatic carbocycles. The molecule has 10 heteroatoms. The van der Waals surface area contributed by atoms with Gasteiger partial charge in [-0.2, -0.15) is 0 Å². The number of thioether (sulfide) groups is 1. The van der Waals surface area contributed by atoms with E-state index in [1.807, 2.05) is 29.6 Å². The summed E-state index contributed by atoms with van der Waals surface area (Å²) in [5.74, 6) is 0.349. The summed E-state index contributed by atoms with van der Waals surface area (Å²) in [4.78, 5) is 41.6. The van der Waals surface area contributed by atoms with Crippen LogP contribution in [0, 0.1) is 0 Å². The summed E-state index contributed by atoms with van der Waals surface area (Å²) in [6, 6.07) is 16.1. The van der Waals surface area contributed by atoms with E-state index in [2.05, 4.69) is 15.6 Å². The van der Waals surface area contributed by atoms with Crippen molar-refractivity contribution in [2.24, 2.45) is 0 Å². The molecule has 0 spiro atoms. The Labute approximate surface area is 204 Å². The standard InChI is InChI=1S/C24H22N4O4S2/c1-15(29)25-17-7-9-18(10-8-17)26-21(30)14-34-24-27-19-11-12-33-22(19)23(31)28(24)13-16-5-3-4-6-20(16)32-2/h3-12H,13-14H2,1-2H3,(H,25,29)(H,26,30). The molecule has 0 bridgehead atoms. The minimum Gasteiger partial charge on any atom is -0.496 e. The molecule has 2 aromatic heterocycles. The summed E-state index contributed by atoms with van der Waals surface area (Å²) in [6.45, 7) is 1.71. The lowest BCUT2D eigenvalue weighted by Gasteiger charge is -2.14. The number of methoxy groups -OCH3 is 1. The number of anilines is 2. The highest BCUT2D eigenvalue weighted by atomic mass is 32.2. The number of thiophene rings is 1. The maximum absolute atomic E-state index is 13.2. The molecule has 0 saturated carbocycles. The molecule has 8 nitrogen and oxygen atoms in total. The minimum atomic E-state index is -0.235. The lowest BCUT2D eigenvalue weighted by Crippen LogP contribution is -2.24. The Hall–Kier alpha value is -3.63. The van der Waals surface area contributed by atoms with Crippen molar-refractivity contribution in [2.45, 2.75) is 18.6 Å². The van der Waals surface area contributed by atoms with E-state index >= 15 is 0 Å². The number of nitrogens with one attached hydrogen (secondary N) is 2. The first kappa shape index (κ1) is 23.5. The monoisotopic (exact) mass is 494 g/mol. The van der Waals surface area contributed by atoms with Gasteiger partial charge in [-0.1, -0.05) is 30.0 Å². The molecule has 0 unspecified atom stereocenters. The second kappa shape index (κ2) is 10.5. The summed E-state index contributed by atoms with van der Waals surface area (Å²) in [6.07, 6.45) is 0. The number of amides is 2. The van der Waals surface area contributed by atoms with Crippen LogP contribution in [0.4, 0.5) is 11.4 Å². The van der Waals surface area contributed by atoms with Crippen LogP contribution < -0.4 is 20.9 Å². The number of hydrogen-bond acceptors (Lipinski definition) is 7. The summed E-state index contributed by atoms with van der Waals surface area (Å²) < 4.78 is 7.59. The number of carbonyl (C=O) groups excluding carboxylic acids is 2. The van der Waals surface area contributed by atoms with Crippen molar-refractivity contribution in [3.63, 3.8) is 0 Å². The normalized spacial score (nSPS) is 10.8. The Morgan fingerprint density at radius 1 is 1.06 bits per heavy atom. The van der Waals surface area contributed by atoms with Crippen molar-refractivity contribution in [1.82, 2.24) is 9.55 Å². The fraction of sp³-hybridized carbons (Fsp3) is 0.167. The molecule has 174 valence electrons. The molecule has 2 heterocycles. The Balaban J connectivity index is 1.53. The number of rotatable bonds is 8. The second-order valence-corrected chi connectivity index (χ2v) is 9.19. The molecule has 0 fully saturated rings. The highest BCUT2D eigenvalue weighted by molar-refractivity contribution is 7.99. The van der Waals surface area contributed by atoms with Crippen molar-refractivity contribution >= 4 is 56.5 Å². The fourth-order valence-electron chi connectivity index (χ4n) is 3.34. The van der Waals surface area contributed by atoms with E-state index in [1.54, 1.807) is 42.0 Å². The third kappa shape index (κ3) is 5.46. The molecule has 0 atom stereocenters. The summed E-state index contributed by atoms with van der Waals surface area (Å²) in [7, 11) is 1.59. The van der Waals surface area contributed by atoms with Crippen molar-refractivity contribution in [3.05, 3.63) is 75.9 Å². The van der Waals surface area contributed by atoms with Crippen LogP contribution >= 0.6 is 23.1 Å². The molecule has 34 heavy (non-hydrogen) atoms. The first-order valence-electron chi connectivity index (χ1n) is 10.3. The van der Waals surface area contributed by atoms with Crippen LogP contribution in [-0.2, 0) is 16.1 Å². The van der Waals surface area contributed by atoms with Gasteiger partial charge in [0.2, 0.25) is 11.8 Å². The molecule has 0 aliphatic carbocycles. The maximum atomic E-state index is 13.2. The number of fused-ring (bicyclic) bond motifs is 1. The number of hydrogen-bond donors (Lipinski definition) is 2. The molecule has 0 aliphatic rings. The van der Waals surface area contributed by atoms with Gasteiger partial charge in [0.05, 0.1) is 24.9 Å². The summed E-state index contributed by atoms with van der Waals surface area (Å²) in [5.41, 5.74) is 2.56. The van der Waals surface area contributed by atoms with Crippen LogP contribution in [0.5, 0.6) is 5.75 Å². The molecular weight excluding hydrogens is 472 g/mol. The smallest absolute Gasteiger partial charge is 0.272 e. The Bertz CT molecular complexity index is 1400. The van der Waals surface area contributed by atoms with Gasteiger partial charge in [-0.25, -0.2) is 4.98 Å². The molecule has 0 aliphatic heterocycles. The average molecular weight is 495 g/mol. The lowest BCUT2D eigenvalue weighted by atomic mass is 10.2. The first-order valence-corrected chi connectivity index (χ1v) is 12.2. The van der Waals surface area contributed by atoms with Gasteiger partial charge in [0.15, 0.2) is 5.16 Å². The van der Waals surface area contributed by atoms with Gasteiger partial charge in [0.25, 0.3) is 5.56 Å². The van der Waals surface area contributed by atoms with Crippen molar-refractivity contribution in [3.8, 4) is 5.75 Å².